The summed E-state index contributed by atoms with van der Waals surface area (Å²) < 4.78 is 10.7. The Hall–Kier alpha value is -0.630. The summed E-state index contributed by atoms with van der Waals surface area (Å²) >= 11 is 0. The maximum Gasteiger partial charge on any atom is 0.119 e. The molecular formula is C10H18N2O2. The number of hydrogen-bond acceptors (Lipinski definition) is 4. The zero-order chi connectivity index (χ0) is 10.2. The van der Waals surface area contributed by atoms with E-state index in [9.17, 15) is 0 Å². The van der Waals surface area contributed by atoms with Crippen molar-refractivity contribution in [1.29, 1.82) is 5.26 Å². The SMILES string of the molecule is CCNC(C#N)COCC1CCOC1. The summed E-state index contributed by atoms with van der Waals surface area (Å²) in [6.07, 6.45) is 1.08. The van der Waals surface area contributed by atoms with Crippen LogP contribution in [-0.2, 0) is 9.47 Å². The lowest BCUT2D eigenvalue weighted by Gasteiger charge is -2.12. The summed E-state index contributed by atoms with van der Waals surface area (Å²) in [6, 6.07) is 1.98. The number of likely N-dealkylation sites (N-methyl/N-ethyl adjacent to an activating group) is 1. The maximum atomic E-state index is 8.73. The van der Waals surface area contributed by atoms with E-state index in [-0.39, 0.29) is 6.04 Å². The monoisotopic (exact) mass is 198 g/mol. The van der Waals surface area contributed by atoms with Crippen molar-refractivity contribution in [3.05, 3.63) is 0 Å². The molecule has 0 spiro atoms. The van der Waals surface area contributed by atoms with Crippen LogP contribution in [0.25, 0.3) is 0 Å². The fourth-order valence-corrected chi connectivity index (χ4v) is 1.46. The minimum absolute atomic E-state index is 0.178. The van der Waals surface area contributed by atoms with Gasteiger partial charge in [-0.25, -0.2) is 0 Å². The Morgan fingerprint density at radius 2 is 2.57 bits per heavy atom. The molecule has 2 atom stereocenters. The quantitative estimate of drug-likeness (QED) is 0.677. The van der Waals surface area contributed by atoms with Crippen molar-refractivity contribution in [3.8, 4) is 6.07 Å². The molecule has 1 fully saturated rings. The highest BCUT2D eigenvalue weighted by Gasteiger charge is 2.16. The second-order valence-electron chi connectivity index (χ2n) is 3.51. The Balaban J connectivity index is 2.04. The van der Waals surface area contributed by atoms with E-state index in [1.165, 1.54) is 0 Å². The van der Waals surface area contributed by atoms with Gasteiger partial charge in [-0.05, 0) is 13.0 Å². The Bertz CT molecular complexity index is 185. The van der Waals surface area contributed by atoms with Crippen molar-refractivity contribution in [2.75, 3.05) is 33.0 Å². The summed E-state index contributed by atoms with van der Waals surface area (Å²) in [7, 11) is 0. The third-order valence-electron chi connectivity index (χ3n) is 2.27. The lowest BCUT2D eigenvalue weighted by atomic mass is 10.1. The fourth-order valence-electron chi connectivity index (χ4n) is 1.46. The lowest BCUT2D eigenvalue weighted by Crippen LogP contribution is -2.32. The number of hydrogen-bond donors (Lipinski definition) is 1. The highest BCUT2D eigenvalue weighted by molar-refractivity contribution is 4.89. The molecule has 0 aromatic heterocycles. The molecule has 0 aromatic rings. The summed E-state index contributed by atoms with van der Waals surface area (Å²) in [6.45, 7) is 5.62. The van der Waals surface area contributed by atoms with E-state index in [0.717, 1.165) is 26.2 Å². The number of ether oxygens (including phenoxy) is 2. The normalized spacial score (nSPS) is 23.3. The highest BCUT2D eigenvalue weighted by atomic mass is 16.5. The van der Waals surface area contributed by atoms with E-state index < -0.39 is 0 Å². The van der Waals surface area contributed by atoms with Gasteiger partial charge in [0, 0.05) is 12.5 Å². The first-order valence-corrected chi connectivity index (χ1v) is 5.15. The van der Waals surface area contributed by atoms with Gasteiger partial charge in [-0.15, -0.1) is 0 Å². The van der Waals surface area contributed by atoms with Crippen molar-refractivity contribution >= 4 is 0 Å². The molecule has 0 bridgehead atoms. The number of nitrogens with one attached hydrogen (secondary N) is 1. The topological polar surface area (TPSA) is 54.3 Å². The van der Waals surface area contributed by atoms with Crippen molar-refractivity contribution < 1.29 is 9.47 Å². The molecule has 14 heavy (non-hydrogen) atoms. The van der Waals surface area contributed by atoms with Crippen molar-refractivity contribution in [3.63, 3.8) is 0 Å². The average Bonchev–Trinajstić information content (AvgIpc) is 2.69. The molecule has 0 radical (unpaired) electrons. The highest BCUT2D eigenvalue weighted by Crippen LogP contribution is 2.12. The van der Waals surface area contributed by atoms with Crippen LogP contribution in [-0.4, -0.2) is 39.0 Å². The van der Waals surface area contributed by atoms with E-state index >= 15 is 0 Å². The van der Waals surface area contributed by atoms with Gasteiger partial charge in [-0.1, -0.05) is 6.92 Å². The van der Waals surface area contributed by atoms with Gasteiger partial charge >= 0.3 is 0 Å². The van der Waals surface area contributed by atoms with Gasteiger partial charge in [-0.2, -0.15) is 5.26 Å². The minimum Gasteiger partial charge on any atom is -0.381 e. The van der Waals surface area contributed by atoms with Crippen LogP contribution in [0.2, 0.25) is 0 Å². The van der Waals surface area contributed by atoms with E-state index in [0.29, 0.717) is 19.1 Å². The molecule has 1 aliphatic rings. The molecule has 1 N–H and O–H groups in total. The van der Waals surface area contributed by atoms with Gasteiger partial charge in [0.1, 0.15) is 6.04 Å². The molecule has 4 heteroatoms. The van der Waals surface area contributed by atoms with E-state index in [2.05, 4.69) is 11.4 Å². The molecule has 4 nitrogen and oxygen atoms in total. The van der Waals surface area contributed by atoms with Crippen LogP contribution >= 0.6 is 0 Å². The standard InChI is InChI=1S/C10H18N2O2/c1-2-12-10(5-11)8-14-7-9-3-4-13-6-9/h9-10,12H,2-4,6-8H2,1H3. The summed E-state index contributed by atoms with van der Waals surface area (Å²) in [5, 5.41) is 11.8. The molecular weight excluding hydrogens is 180 g/mol. The van der Waals surface area contributed by atoms with Gasteiger partial charge in [0.15, 0.2) is 0 Å². The van der Waals surface area contributed by atoms with Gasteiger partial charge < -0.3 is 14.8 Å². The third kappa shape index (κ3) is 4.05. The van der Waals surface area contributed by atoms with Gasteiger partial charge in [-0.3, -0.25) is 0 Å². The fraction of sp³-hybridized carbons (Fsp3) is 0.900. The zero-order valence-electron chi connectivity index (χ0n) is 8.66. The Labute approximate surface area is 85.2 Å². The van der Waals surface area contributed by atoms with Crippen LogP contribution in [0.4, 0.5) is 0 Å². The predicted octanol–water partition coefficient (Wildman–Crippen LogP) is 0.541. The van der Waals surface area contributed by atoms with Crippen LogP contribution in [0.1, 0.15) is 13.3 Å². The number of nitrogens with zero attached hydrogens (tertiary/aromatic N) is 1. The van der Waals surface area contributed by atoms with Crippen LogP contribution in [0.15, 0.2) is 0 Å². The molecule has 0 aromatic carbocycles. The average molecular weight is 198 g/mol. The van der Waals surface area contributed by atoms with Crippen molar-refractivity contribution in [2.45, 2.75) is 19.4 Å². The first-order chi connectivity index (χ1) is 6.86. The Morgan fingerprint density at radius 1 is 1.71 bits per heavy atom. The zero-order valence-corrected chi connectivity index (χ0v) is 8.66. The van der Waals surface area contributed by atoms with Gasteiger partial charge in [0.05, 0.1) is 25.9 Å². The summed E-state index contributed by atoms with van der Waals surface area (Å²) in [5.74, 6) is 0.524. The van der Waals surface area contributed by atoms with Crippen LogP contribution in [0.3, 0.4) is 0 Å². The molecule has 0 saturated carbocycles. The second-order valence-corrected chi connectivity index (χ2v) is 3.51. The lowest BCUT2D eigenvalue weighted by molar-refractivity contribution is 0.0830. The minimum atomic E-state index is -0.178. The molecule has 0 amide bonds. The Morgan fingerprint density at radius 3 is 3.14 bits per heavy atom. The molecule has 0 aliphatic carbocycles. The molecule has 1 aliphatic heterocycles. The first-order valence-electron chi connectivity index (χ1n) is 5.15. The van der Waals surface area contributed by atoms with Crippen molar-refractivity contribution in [2.24, 2.45) is 5.92 Å². The molecule has 1 rings (SSSR count). The second kappa shape index (κ2) is 6.77. The van der Waals surface area contributed by atoms with E-state index in [1.807, 2.05) is 6.92 Å². The number of rotatable bonds is 6. The smallest absolute Gasteiger partial charge is 0.119 e. The maximum absolute atomic E-state index is 8.73. The van der Waals surface area contributed by atoms with Crippen LogP contribution < -0.4 is 5.32 Å². The molecule has 80 valence electrons. The van der Waals surface area contributed by atoms with Crippen LogP contribution in [0.5, 0.6) is 0 Å². The van der Waals surface area contributed by atoms with Gasteiger partial charge in [0.25, 0.3) is 0 Å². The summed E-state index contributed by atoms with van der Waals surface area (Å²) in [4.78, 5) is 0. The first kappa shape index (κ1) is 11.4. The third-order valence-corrected chi connectivity index (χ3v) is 2.27. The van der Waals surface area contributed by atoms with Crippen LogP contribution in [0, 0.1) is 17.2 Å². The number of nitriles is 1. The van der Waals surface area contributed by atoms with Gasteiger partial charge in [0.2, 0.25) is 0 Å². The van der Waals surface area contributed by atoms with Crippen molar-refractivity contribution in [1.82, 2.24) is 5.32 Å². The molecule has 2 unspecified atom stereocenters. The van der Waals surface area contributed by atoms with E-state index in [4.69, 9.17) is 14.7 Å². The van der Waals surface area contributed by atoms with E-state index in [1.54, 1.807) is 0 Å². The molecule has 1 saturated heterocycles. The Kier molecular flexibility index (Phi) is 5.53. The predicted molar refractivity (Wildman–Crippen MR) is 52.8 cm³/mol. The summed E-state index contributed by atoms with van der Waals surface area (Å²) in [5.41, 5.74) is 0. The largest absolute Gasteiger partial charge is 0.381 e. The molecule has 1 heterocycles.